The zero-order chi connectivity index (χ0) is 13.0. The molecule has 1 saturated carbocycles. The van der Waals surface area contributed by atoms with Gasteiger partial charge in [-0.2, -0.15) is 0 Å². The summed E-state index contributed by atoms with van der Waals surface area (Å²) >= 11 is 0. The van der Waals surface area contributed by atoms with Gasteiger partial charge in [-0.05, 0) is 50.3 Å². The van der Waals surface area contributed by atoms with Crippen LogP contribution in [0.5, 0.6) is 0 Å². The number of hydrogen-bond acceptors (Lipinski definition) is 2. The lowest BCUT2D eigenvalue weighted by Gasteiger charge is -2.31. The van der Waals surface area contributed by atoms with Crippen LogP contribution in [0, 0.1) is 12.8 Å². The highest BCUT2D eigenvalue weighted by Crippen LogP contribution is 2.29. The Kier molecular flexibility index (Phi) is 4.37. The number of nitrogens with one attached hydrogen (secondary N) is 2. The van der Waals surface area contributed by atoms with Gasteiger partial charge in [-0.15, -0.1) is 0 Å². The average molecular weight is 246 g/mol. The predicted molar refractivity (Wildman–Crippen MR) is 74.6 cm³/mol. The van der Waals surface area contributed by atoms with Crippen LogP contribution in [0.1, 0.15) is 31.7 Å². The Bertz CT molecular complexity index is 413. The third-order valence-electron chi connectivity index (χ3n) is 3.74. The molecule has 1 atom stereocenters. The Morgan fingerprint density at radius 2 is 2.22 bits per heavy atom. The molecule has 2 rings (SSSR count). The van der Waals surface area contributed by atoms with Gasteiger partial charge in [0.1, 0.15) is 0 Å². The van der Waals surface area contributed by atoms with Gasteiger partial charge in [0.15, 0.2) is 0 Å². The van der Waals surface area contributed by atoms with E-state index in [1.54, 1.807) is 0 Å². The van der Waals surface area contributed by atoms with Gasteiger partial charge in [0, 0.05) is 11.7 Å². The highest BCUT2D eigenvalue weighted by molar-refractivity contribution is 5.92. The van der Waals surface area contributed by atoms with Gasteiger partial charge in [-0.3, -0.25) is 4.79 Å². The molecule has 0 spiro atoms. The summed E-state index contributed by atoms with van der Waals surface area (Å²) in [4.78, 5) is 11.8. The average Bonchev–Trinajstić information content (AvgIpc) is 2.24. The molecular weight excluding hydrogens is 224 g/mol. The maximum atomic E-state index is 11.8. The van der Waals surface area contributed by atoms with Crippen LogP contribution >= 0.6 is 0 Å². The van der Waals surface area contributed by atoms with Crippen LogP contribution in [-0.4, -0.2) is 18.5 Å². The number of rotatable bonds is 5. The van der Waals surface area contributed by atoms with Crippen LogP contribution in [0.25, 0.3) is 0 Å². The maximum absolute atomic E-state index is 11.8. The Balaban J connectivity index is 1.74. The van der Waals surface area contributed by atoms with Crippen molar-refractivity contribution in [2.75, 3.05) is 11.9 Å². The van der Waals surface area contributed by atoms with Crippen molar-refractivity contribution in [2.45, 2.75) is 39.2 Å². The van der Waals surface area contributed by atoms with Crippen molar-refractivity contribution < 1.29 is 4.79 Å². The van der Waals surface area contributed by atoms with Gasteiger partial charge >= 0.3 is 0 Å². The van der Waals surface area contributed by atoms with Gasteiger partial charge in [0.25, 0.3) is 0 Å². The molecule has 0 radical (unpaired) electrons. The second-order valence-electron chi connectivity index (χ2n) is 5.28. The molecule has 0 bridgehead atoms. The fraction of sp³-hybridized carbons (Fsp3) is 0.533. The summed E-state index contributed by atoms with van der Waals surface area (Å²) in [6.07, 6.45) is 3.94. The first-order valence-corrected chi connectivity index (χ1v) is 6.75. The topological polar surface area (TPSA) is 41.1 Å². The zero-order valence-electron chi connectivity index (χ0n) is 11.2. The van der Waals surface area contributed by atoms with Crippen molar-refractivity contribution in [1.29, 1.82) is 0 Å². The van der Waals surface area contributed by atoms with E-state index in [9.17, 15) is 4.79 Å². The van der Waals surface area contributed by atoms with Crippen molar-refractivity contribution >= 4 is 11.6 Å². The molecule has 2 N–H and O–H groups in total. The normalized spacial score (nSPS) is 17.0. The summed E-state index contributed by atoms with van der Waals surface area (Å²) in [5.74, 6) is 0.795. The molecule has 98 valence electrons. The first-order valence-electron chi connectivity index (χ1n) is 6.75. The van der Waals surface area contributed by atoms with Crippen molar-refractivity contribution in [2.24, 2.45) is 5.92 Å². The number of carbonyl (C=O) groups excluding carboxylic acids is 1. The van der Waals surface area contributed by atoms with E-state index < -0.39 is 0 Å². The summed E-state index contributed by atoms with van der Waals surface area (Å²) in [6, 6.07) is 8.32. The molecule has 3 nitrogen and oxygen atoms in total. The van der Waals surface area contributed by atoms with E-state index in [0.717, 1.165) is 17.2 Å². The van der Waals surface area contributed by atoms with Crippen molar-refractivity contribution in [3.05, 3.63) is 29.8 Å². The molecule has 1 aliphatic carbocycles. The number of carbonyl (C=O) groups is 1. The summed E-state index contributed by atoms with van der Waals surface area (Å²) in [5.41, 5.74) is 2.03. The lowest BCUT2D eigenvalue weighted by molar-refractivity contribution is -0.115. The molecule has 1 amide bonds. The molecule has 1 aromatic carbocycles. The minimum Gasteiger partial charge on any atom is -0.325 e. The molecule has 0 aliphatic heterocycles. The number of anilines is 1. The molecular formula is C15H22N2O. The van der Waals surface area contributed by atoms with E-state index in [-0.39, 0.29) is 5.91 Å². The molecule has 3 heteroatoms. The van der Waals surface area contributed by atoms with E-state index in [2.05, 4.69) is 17.6 Å². The van der Waals surface area contributed by atoms with Crippen LogP contribution in [0.4, 0.5) is 5.69 Å². The second-order valence-corrected chi connectivity index (χ2v) is 5.28. The number of amides is 1. The summed E-state index contributed by atoms with van der Waals surface area (Å²) in [7, 11) is 0. The molecule has 0 aromatic heterocycles. The van der Waals surface area contributed by atoms with Gasteiger partial charge in [0.05, 0.1) is 6.54 Å². The Morgan fingerprint density at radius 1 is 1.44 bits per heavy atom. The predicted octanol–water partition coefficient (Wildman–Crippen LogP) is 2.71. The number of hydrogen-bond donors (Lipinski definition) is 2. The fourth-order valence-corrected chi connectivity index (χ4v) is 2.29. The maximum Gasteiger partial charge on any atom is 0.238 e. The molecule has 1 fully saturated rings. The fourth-order valence-electron chi connectivity index (χ4n) is 2.29. The quantitative estimate of drug-likeness (QED) is 0.838. The Labute approximate surface area is 109 Å². The molecule has 1 aliphatic rings. The van der Waals surface area contributed by atoms with Gasteiger partial charge in [0.2, 0.25) is 5.91 Å². The van der Waals surface area contributed by atoms with E-state index in [0.29, 0.717) is 12.6 Å². The Hall–Kier alpha value is -1.35. The number of aryl methyl sites for hydroxylation is 1. The third-order valence-corrected chi connectivity index (χ3v) is 3.74. The van der Waals surface area contributed by atoms with Crippen molar-refractivity contribution in [1.82, 2.24) is 5.32 Å². The van der Waals surface area contributed by atoms with Crippen LogP contribution in [-0.2, 0) is 4.79 Å². The molecule has 1 unspecified atom stereocenters. The molecule has 0 saturated heterocycles. The van der Waals surface area contributed by atoms with E-state index in [1.807, 2.05) is 31.2 Å². The van der Waals surface area contributed by atoms with Gasteiger partial charge in [-0.25, -0.2) is 0 Å². The monoisotopic (exact) mass is 246 g/mol. The minimum atomic E-state index is 0.0340. The van der Waals surface area contributed by atoms with Crippen LogP contribution < -0.4 is 10.6 Å². The first-order chi connectivity index (χ1) is 8.65. The van der Waals surface area contributed by atoms with E-state index >= 15 is 0 Å². The van der Waals surface area contributed by atoms with Gasteiger partial charge in [-0.1, -0.05) is 18.6 Å². The zero-order valence-corrected chi connectivity index (χ0v) is 11.2. The lowest BCUT2D eigenvalue weighted by atomic mass is 9.80. The SMILES string of the molecule is Cc1cccc(NC(=O)CNC(C)C2CCC2)c1. The number of benzene rings is 1. The van der Waals surface area contributed by atoms with Crippen molar-refractivity contribution in [3.8, 4) is 0 Å². The lowest BCUT2D eigenvalue weighted by Crippen LogP contribution is -2.41. The molecule has 18 heavy (non-hydrogen) atoms. The van der Waals surface area contributed by atoms with Crippen LogP contribution in [0.2, 0.25) is 0 Å². The van der Waals surface area contributed by atoms with Gasteiger partial charge < -0.3 is 10.6 Å². The largest absolute Gasteiger partial charge is 0.325 e. The summed E-state index contributed by atoms with van der Waals surface area (Å²) in [6.45, 7) is 4.59. The molecule has 0 heterocycles. The summed E-state index contributed by atoms with van der Waals surface area (Å²) in [5, 5.41) is 6.22. The van der Waals surface area contributed by atoms with Crippen LogP contribution in [0.3, 0.4) is 0 Å². The first kappa shape index (κ1) is 13.1. The highest BCUT2D eigenvalue weighted by Gasteiger charge is 2.23. The Morgan fingerprint density at radius 3 is 2.83 bits per heavy atom. The second kappa shape index (κ2) is 6.01. The smallest absolute Gasteiger partial charge is 0.238 e. The standard InChI is InChI=1S/C15H22N2O/c1-11-5-3-8-14(9-11)17-15(18)10-16-12(2)13-6-4-7-13/h3,5,8-9,12-13,16H,4,6-7,10H2,1-2H3,(H,17,18). The third kappa shape index (κ3) is 3.57. The minimum absolute atomic E-state index is 0.0340. The molecule has 1 aromatic rings. The van der Waals surface area contributed by atoms with Crippen LogP contribution in [0.15, 0.2) is 24.3 Å². The van der Waals surface area contributed by atoms with Crippen molar-refractivity contribution in [3.63, 3.8) is 0 Å². The summed E-state index contributed by atoms with van der Waals surface area (Å²) < 4.78 is 0. The van der Waals surface area contributed by atoms with E-state index in [1.165, 1.54) is 19.3 Å². The highest BCUT2D eigenvalue weighted by atomic mass is 16.1. The van der Waals surface area contributed by atoms with E-state index in [4.69, 9.17) is 0 Å².